The van der Waals surface area contributed by atoms with Crippen molar-refractivity contribution >= 4 is 0 Å². The molecule has 1 saturated carbocycles. The lowest BCUT2D eigenvalue weighted by Crippen LogP contribution is -2.22. The topological polar surface area (TPSA) is 38.1 Å². The van der Waals surface area contributed by atoms with Gasteiger partial charge in [0.05, 0.1) is 24.3 Å². The van der Waals surface area contributed by atoms with Crippen LogP contribution < -0.4 is 0 Å². The fourth-order valence-corrected chi connectivity index (χ4v) is 3.13. The zero-order chi connectivity index (χ0) is 13.1. The highest BCUT2D eigenvalue weighted by Gasteiger charge is 2.28. The van der Waals surface area contributed by atoms with Crippen molar-refractivity contribution in [3.8, 4) is 0 Å². The number of aromatic nitrogens is 2. The molecule has 0 spiro atoms. The Balaban J connectivity index is 2.03. The first-order valence-electron chi connectivity index (χ1n) is 7.33. The zero-order valence-corrected chi connectivity index (χ0v) is 11.8. The second-order valence-electron chi connectivity index (χ2n) is 5.95. The molecular formula is C15H26N2O. The third kappa shape index (κ3) is 2.77. The molecule has 0 aliphatic heterocycles. The van der Waals surface area contributed by atoms with Crippen molar-refractivity contribution in [3.05, 3.63) is 18.2 Å². The quantitative estimate of drug-likeness (QED) is 0.884. The highest BCUT2D eigenvalue weighted by molar-refractivity contribution is 5.06. The van der Waals surface area contributed by atoms with E-state index in [0.29, 0.717) is 12.0 Å². The number of aliphatic hydroxyl groups is 1. The van der Waals surface area contributed by atoms with E-state index in [1.54, 1.807) is 0 Å². The van der Waals surface area contributed by atoms with Gasteiger partial charge in [-0.1, -0.05) is 26.2 Å². The van der Waals surface area contributed by atoms with Gasteiger partial charge in [0.25, 0.3) is 0 Å². The standard InChI is InChI=1S/C15H26N2O/c1-4-12-5-7-13(8-6-12)15(18)14-9-16-10-17(14)11(2)3/h9-13,15,18H,4-8H2,1-3H3. The van der Waals surface area contributed by atoms with Crippen LogP contribution in [0.15, 0.2) is 12.5 Å². The molecule has 3 nitrogen and oxygen atoms in total. The molecule has 1 unspecified atom stereocenters. The normalized spacial score (nSPS) is 26.5. The average molecular weight is 250 g/mol. The van der Waals surface area contributed by atoms with Crippen LogP contribution in [0.4, 0.5) is 0 Å². The molecule has 1 heterocycles. The van der Waals surface area contributed by atoms with Crippen molar-refractivity contribution in [2.75, 3.05) is 0 Å². The minimum absolute atomic E-state index is 0.340. The summed E-state index contributed by atoms with van der Waals surface area (Å²) in [5.41, 5.74) is 0.991. The number of hydrogen-bond acceptors (Lipinski definition) is 2. The molecule has 0 amide bonds. The van der Waals surface area contributed by atoms with E-state index in [2.05, 4.69) is 30.3 Å². The Hall–Kier alpha value is -0.830. The molecule has 1 aromatic heterocycles. The third-order valence-electron chi connectivity index (χ3n) is 4.47. The van der Waals surface area contributed by atoms with Crippen molar-refractivity contribution in [1.82, 2.24) is 9.55 Å². The lowest BCUT2D eigenvalue weighted by molar-refractivity contribution is 0.0658. The van der Waals surface area contributed by atoms with Crippen LogP contribution in [-0.2, 0) is 0 Å². The highest BCUT2D eigenvalue weighted by atomic mass is 16.3. The summed E-state index contributed by atoms with van der Waals surface area (Å²) in [6, 6.07) is 0.365. The molecule has 102 valence electrons. The second kappa shape index (κ2) is 5.87. The van der Waals surface area contributed by atoms with Gasteiger partial charge in [-0.15, -0.1) is 0 Å². The average Bonchev–Trinajstić information content (AvgIpc) is 2.87. The molecule has 0 saturated heterocycles. The molecule has 1 atom stereocenters. The molecule has 1 aliphatic carbocycles. The van der Waals surface area contributed by atoms with E-state index in [0.717, 1.165) is 24.5 Å². The van der Waals surface area contributed by atoms with Crippen molar-refractivity contribution in [1.29, 1.82) is 0 Å². The zero-order valence-electron chi connectivity index (χ0n) is 11.8. The molecule has 0 radical (unpaired) electrons. The van der Waals surface area contributed by atoms with Crippen LogP contribution >= 0.6 is 0 Å². The maximum Gasteiger partial charge on any atom is 0.0983 e. The molecule has 0 bridgehead atoms. The number of aliphatic hydroxyl groups excluding tert-OH is 1. The Labute approximate surface area is 110 Å². The van der Waals surface area contributed by atoms with Gasteiger partial charge < -0.3 is 9.67 Å². The van der Waals surface area contributed by atoms with E-state index in [-0.39, 0.29) is 6.10 Å². The first kappa shape index (κ1) is 13.6. The van der Waals surface area contributed by atoms with Crippen LogP contribution in [0.3, 0.4) is 0 Å². The summed E-state index contributed by atoms with van der Waals surface area (Å²) in [5, 5.41) is 10.6. The minimum atomic E-state index is -0.340. The fourth-order valence-electron chi connectivity index (χ4n) is 3.13. The Morgan fingerprint density at radius 1 is 1.33 bits per heavy atom. The first-order valence-corrected chi connectivity index (χ1v) is 7.33. The lowest BCUT2D eigenvalue weighted by Gasteiger charge is -2.31. The maximum atomic E-state index is 10.6. The monoisotopic (exact) mass is 250 g/mol. The summed E-state index contributed by atoms with van der Waals surface area (Å²) < 4.78 is 2.09. The van der Waals surface area contributed by atoms with Crippen molar-refractivity contribution < 1.29 is 5.11 Å². The smallest absolute Gasteiger partial charge is 0.0983 e. The van der Waals surface area contributed by atoms with Gasteiger partial charge in [-0.05, 0) is 38.5 Å². The van der Waals surface area contributed by atoms with Gasteiger partial charge in [-0.3, -0.25) is 0 Å². The molecule has 1 N–H and O–H groups in total. The molecular weight excluding hydrogens is 224 g/mol. The van der Waals surface area contributed by atoms with Gasteiger partial charge in [0.2, 0.25) is 0 Å². The highest BCUT2D eigenvalue weighted by Crippen LogP contribution is 2.38. The van der Waals surface area contributed by atoms with Crippen molar-refractivity contribution in [2.45, 2.75) is 65.0 Å². The SMILES string of the molecule is CCC1CCC(C(O)c2cncn2C(C)C)CC1. The molecule has 2 rings (SSSR count). The molecule has 18 heavy (non-hydrogen) atoms. The summed E-state index contributed by atoms with van der Waals surface area (Å²) in [4.78, 5) is 4.19. The molecule has 3 heteroatoms. The predicted molar refractivity (Wildman–Crippen MR) is 73.3 cm³/mol. The fraction of sp³-hybridized carbons (Fsp3) is 0.800. The van der Waals surface area contributed by atoms with Crippen LogP contribution in [-0.4, -0.2) is 14.7 Å². The summed E-state index contributed by atoms with van der Waals surface area (Å²) in [5.74, 6) is 1.30. The Morgan fingerprint density at radius 3 is 2.56 bits per heavy atom. The van der Waals surface area contributed by atoms with Gasteiger partial charge in [0, 0.05) is 6.04 Å². The van der Waals surface area contributed by atoms with E-state index in [4.69, 9.17) is 0 Å². The molecule has 1 fully saturated rings. The van der Waals surface area contributed by atoms with E-state index < -0.39 is 0 Å². The minimum Gasteiger partial charge on any atom is -0.387 e. The maximum absolute atomic E-state index is 10.6. The largest absolute Gasteiger partial charge is 0.387 e. The lowest BCUT2D eigenvalue weighted by atomic mass is 9.78. The van der Waals surface area contributed by atoms with E-state index in [9.17, 15) is 5.11 Å². The summed E-state index contributed by atoms with van der Waals surface area (Å²) in [6.07, 6.45) is 9.46. The van der Waals surface area contributed by atoms with Crippen LogP contribution in [0.2, 0.25) is 0 Å². The molecule has 0 aromatic carbocycles. The summed E-state index contributed by atoms with van der Waals surface area (Å²) in [7, 11) is 0. The third-order valence-corrected chi connectivity index (χ3v) is 4.47. The van der Waals surface area contributed by atoms with Gasteiger partial charge >= 0.3 is 0 Å². The second-order valence-corrected chi connectivity index (χ2v) is 5.95. The summed E-state index contributed by atoms with van der Waals surface area (Å²) in [6.45, 7) is 6.53. The van der Waals surface area contributed by atoms with Crippen molar-refractivity contribution in [3.63, 3.8) is 0 Å². The van der Waals surface area contributed by atoms with Crippen LogP contribution in [0.5, 0.6) is 0 Å². The van der Waals surface area contributed by atoms with Gasteiger partial charge in [0.15, 0.2) is 0 Å². The van der Waals surface area contributed by atoms with Gasteiger partial charge in [-0.2, -0.15) is 0 Å². The predicted octanol–water partition coefficient (Wildman–Crippen LogP) is 3.71. The number of rotatable bonds is 4. The van der Waals surface area contributed by atoms with Gasteiger partial charge in [-0.25, -0.2) is 4.98 Å². The number of imidazole rings is 1. The number of hydrogen-bond donors (Lipinski definition) is 1. The Kier molecular flexibility index (Phi) is 4.44. The van der Waals surface area contributed by atoms with E-state index >= 15 is 0 Å². The molecule has 1 aliphatic rings. The summed E-state index contributed by atoms with van der Waals surface area (Å²) >= 11 is 0. The van der Waals surface area contributed by atoms with E-state index in [1.165, 1.54) is 19.3 Å². The molecule has 1 aromatic rings. The number of nitrogens with zero attached hydrogens (tertiary/aromatic N) is 2. The first-order chi connectivity index (χ1) is 8.63. The van der Waals surface area contributed by atoms with Crippen LogP contribution in [0.25, 0.3) is 0 Å². The van der Waals surface area contributed by atoms with Crippen molar-refractivity contribution in [2.24, 2.45) is 11.8 Å². The Bertz CT molecular complexity index is 364. The van der Waals surface area contributed by atoms with Crippen LogP contribution in [0.1, 0.15) is 70.7 Å². The Morgan fingerprint density at radius 2 is 2.00 bits per heavy atom. The van der Waals surface area contributed by atoms with Gasteiger partial charge in [0.1, 0.15) is 0 Å². The van der Waals surface area contributed by atoms with Crippen LogP contribution in [0, 0.1) is 11.8 Å². The van der Waals surface area contributed by atoms with E-state index in [1.807, 2.05) is 12.5 Å².